The highest BCUT2D eigenvalue weighted by Crippen LogP contribution is 2.23. The molecule has 0 bridgehead atoms. The Morgan fingerprint density at radius 3 is 2.94 bits per heavy atom. The van der Waals surface area contributed by atoms with Gasteiger partial charge in [-0.1, -0.05) is 6.42 Å². The van der Waals surface area contributed by atoms with Gasteiger partial charge in [-0.2, -0.15) is 0 Å². The Balaban J connectivity index is 1.62. The van der Waals surface area contributed by atoms with Gasteiger partial charge in [0.05, 0.1) is 12.0 Å². The molecule has 1 aliphatic rings. The molecule has 0 atom stereocenters. The molecule has 96 valence electrons. The van der Waals surface area contributed by atoms with E-state index >= 15 is 0 Å². The summed E-state index contributed by atoms with van der Waals surface area (Å²) >= 11 is 1.76. The molecule has 1 fully saturated rings. The van der Waals surface area contributed by atoms with Crippen molar-refractivity contribution in [1.29, 1.82) is 0 Å². The van der Waals surface area contributed by atoms with Crippen LogP contribution in [0.2, 0.25) is 0 Å². The molecular weight excluding hydrogens is 232 g/mol. The molecule has 17 heavy (non-hydrogen) atoms. The lowest BCUT2D eigenvalue weighted by atomic mass is 10.1. The number of piperidine rings is 1. The number of thiophene rings is 1. The van der Waals surface area contributed by atoms with Crippen LogP contribution in [0, 0.1) is 0 Å². The quantitative estimate of drug-likeness (QED) is 0.789. The second kappa shape index (κ2) is 6.99. The van der Waals surface area contributed by atoms with E-state index in [4.69, 9.17) is 4.74 Å². The van der Waals surface area contributed by atoms with E-state index in [1.54, 1.807) is 18.4 Å². The van der Waals surface area contributed by atoms with Gasteiger partial charge in [-0.3, -0.25) is 0 Å². The molecule has 1 aliphatic heterocycles. The van der Waals surface area contributed by atoms with Gasteiger partial charge in [-0.15, -0.1) is 11.3 Å². The molecule has 0 aromatic carbocycles. The lowest BCUT2D eigenvalue weighted by molar-refractivity contribution is 0.229. The summed E-state index contributed by atoms with van der Waals surface area (Å²) in [4.78, 5) is 3.86. The second-order valence-corrected chi connectivity index (χ2v) is 5.49. The predicted molar refractivity (Wildman–Crippen MR) is 72.9 cm³/mol. The molecule has 0 aliphatic carbocycles. The predicted octanol–water partition coefficient (Wildman–Crippen LogP) is 2.33. The molecule has 3 nitrogen and oxygen atoms in total. The Morgan fingerprint density at radius 2 is 2.18 bits per heavy atom. The monoisotopic (exact) mass is 254 g/mol. The average molecular weight is 254 g/mol. The van der Waals surface area contributed by atoms with E-state index in [1.807, 2.05) is 6.07 Å². The SMILES string of the molecule is COc1ccsc1CNCCN1CCCCC1. The van der Waals surface area contributed by atoms with Crippen molar-refractivity contribution in [2.75, 3.05) is 33.3 Å². The average Bonchev–Trinajstić information content (AvgIpc) is 2.83. The van der Waals surface area contributed by atoms with Gasteiger partial charge in [-0.05, 0) is 37.4 Å². The maximum absolute atomic E-state index is 5.29. The fourth-order valence-corrected chi connectivity index (χ4v) is 3.07. The van der Waals surface area contributed by atoms with Crippen molar-refractivity contribution in [2.24, 2.45) is 0 Å². The molecule has 1 aromatic rings. The van der Waals surface area contributed by atoms with E-state index in [0.717, 1.165) is 18.8 Å². The van der Waals surface area contributed by atoms with Crippen LogP contribution in [0.4, 0.5) is 0 Å². The van der Waals surface area contributed by atoms with E-state index in [1.165, 1.54) is 43.8 Å². The summed E-state index contributed by atoms with van der Waals surface area (Å²) in [6.07, 6.45) is 4.16. The van der Waals surface area contributed by atoms with Crippen molar-refractivity contribution in [3.63, 3.8) is 0 Å². The topological polar surface area (TPSA) is 24.5 Å². The van der Waals surface area contributed by atoms with E-state index in [9.17, 15) is 0 Å². The number of rotatable bonds is 6. The fraction of sp³-hybridized carbons (Fsp3) is 0.692. The van der Waals surface area contributed by atoms with Gasteiger partial charge in [0.1, 0.15) is 5.75 Å². The molecule has 2 rings (SSSR count). The molecule has 0 unspecified atom stereocenters. The molecule has 0 radical (unpaired) electrons. The number of methoxy groups -OCH3 is 1. The van der Waals surface area contributed by atoms with Gasteiger partial charge in [0.25, 0.3) is 0 Å². The van der Waals surface area contributed by atoms with Crippen molar-refractivity contribution in [3.8, 4) is 5.75 Å². The number of hydrogen-bond donors (Lipinski definition) is 1. The number of nitrogens with one attached hydrogen (secondary N) is 1. The largest absolute Gasteiger partial charge is 0.496 e. The maximum Gasteiger partial charge on any atom is 0.134 e. The molecule has 1 N–H and O–H groups in total. The third-order valence-corrected chi connectivity index (χ3v) is 4.17. The first-order chi connectivity index (χ1) is 8.40. The van der Waals surface area contributed by atoms with Crippen LogP contribution in [0.25, 0.3) is 0 Å². The normalized spacial score (nSPS) is 17.2. The summed E-state index contributed by atoms with van der Waals surface area (Å²) in [5.74, 6) is 1.01. The van der Waals surface area contributed by atoms with E-state index in [-0.39, 0.29) is 0 Å². The standard InChI is InChI=1S/C13H22N2OS/c1-16-12-5-10-17-13(12)11-14-6-9-15-7-3-2-4-8-15/h5,10,14H,2-4,6-9,11H2,1H3. The Bertz CT molecular complexity index is 321. The van der Waals surface area contributed by atoms with Crippen molar-refractivity contribution >= 4 is 11.3 Å². The van der Waals surface area contributed by atoms with Crippen LogP contribution in [0.3, 0.4) is 0 Å². The van der Waals surface area contributed by atoms with Crippen LogP contribution in [0.5, 0.6) is 5.75 Å². The summed E-state index contributed by atoms with van der Waals surface area (Å²) in [5.41, 5.74) is 0. The highest BCUT2D eigenvalue weighted by atomic mass is 32.1. The number of hydrogen-bond acceptors (Lipinski definition) is 4. The van der Waals surface area contributed by atoms with Crippen LogP contribution in [0.15, 0.2) is 11.4 Å². The minimum Gasteiger partial charge on any atom is -0.496 e. The maximum atomic E-state index is 5.29. The summed E-state index contributed by atoms with van der Waals surface area (Å²) in [5, 5.41) is 5.58. The van der Waals surface area contributed by atoms with E-state index in [0.29, 0.717) is 0 Å². The van der Waals surface area contributed by atoms with Crippen LogP contribution in [-0.4, -0.2) is 38.2 Å². The Morgan fingerprint density at radius 1 is 1.35 bits per heavy atom. The third-order valence-electron chi connectivity index (χ3n) is 3.26. The summed E-state index contributed by atoms with van der Waals surface area (Å²) < 4.78 is 5.29. The first-order valence-electron chi connectivity index (χ1n) is 6.43. The number of ether oxygens (including phenoxy) is 1. The van der Waals surface area contributed by atoms with Crippen LogP contribution >= 0.6 is 11.3 Å². The Labute approximate surface area is 108 Å². The van der Waals surface area contributed by atoms with Crippen molar-refractivity contribution < 1.29 is 4.74 Å². The van der Waals surface area contributed by atoms with Crippen LogP contribution in [-0.2, 0) is 6.54 Å². The van der Waals surface area contributed by atoms with Gasteiger partial charge in [0.15, 0.2) is 0 Å². The highest BCUT2D eigenvalue weighted by Gasteiger charge is 2.09. The molecule has 4 heteroatoms. The van der Waals surface area contributed by atoms with E-state index in [2.05, 4.69) is 15.6 Å². The number of likely N-dealkylation sites (tertiary alicyclic amines) is 1. The lowest BCUT2D eigenvalue weighted by Gasteiger charge is -2.26. The van der Waals surface area contributed by atoms with Crippen molar-refractivity contribution in [1.82, 2.24) is 10.2 Å². The smallest absolute Gasteiger partial charge is 0.134 e. The van der Waals surface area contributed by atoms with Gasteiger partial charge >= 0.3 is 0 Å². The minimum atomic E-state index is 0.925. The van der Waals surface area contributed by atoms with E-state index < -0.39 is 0 Å². The molecule has 2 heterocycles. The molecule has 0 saturated carbocycles. The van der Waals surface area contributed by atoms with Crippen LogP contribution < -0.4 is 10.1 Å². The Kier molecular flexibility index (Phi) is 5.29. The zero-order valence-corrected chi connectivity index (χ0v) is 11.4. The zero-order chi connectivity index (χ0) is 11.9. The summed E-state index contributed by atoms with van der Waals surface area (Å²) in [6.45, 7) is 5.73. The fourth-order valence-electron chi connectivity index (χ4n) is 2.26. The first kappa shape index (κ1) is 12.9. The third kappa shape index (κ3) is 3.98. The highest BCUT2D eigenvalue weighted by molar-refractivity contribution is 7.10. The molecule has 0 spiro atoms. The molecular formula is C13H22N2OS. The number of nitrogens with zero attached hydrogens (tertiary/aromatic N) is 1. The lowest BCUT2D eigenvalue weighted by Crippen LogP contribution is -2.35. The van der Waals surface area contributed by atoms with Gasteiger partial charge in [0.2, 0.25) is 0 Å². The van der Waals surface area contributed by atoms with Gasteiger partial charge in [0, 0.05) is 19.6 Å². The van der Waals surface area contributed by atoms with Crippen molar-refractivity contribution in [2.45, 2.75) is 25.8 Å². The Hall–Kier alpha value is -0.580. The zero-order valence-electron chi connectivity index (χ0n) is 10.6. The van der Waals surface area contributed by atoms with Crippen molar-refractivity contribution in [3.05, 3.63) is 16.3 Å². The van der Waals surface area contributed by atoms with Crippen LogP contribution in [0.1, 0.15) is 24.1 Å². The molecule has 1 aromatic heterocycles. The first-order valence-corrected chi connectivity index (χ1v) is 7.31. The van der Waals surface area contributed by atoms with Gasteiger partial charge in [-0.25, -0.2) is 0 Å². The molecule has 1 saturated heterocycles. The molecule has 0 amide bonds. The minimum absolute atomic E-state index is 0.925. The second-order valence-electron chi connectivity index (χ2n) is 4.49. The summed E-state index contributed by atoms with van der Waals surface area (Å²) in [7, 11) is 1.74. The van der Waals surface area contributed by atoms with Gasteiger partial charge < -0.3 is 15.0 Å². The summed E-state index contributed by atoms with van der Waals surface area (Å²) in [6, 6.07) is 2.03.